The first-order valence-corrected chi connectivity index (χ1v) is 5.72. The largest absolute Gasteiger partial charge is 0.478 e. The standard InChI is InChI=1S/C11H13BrO4/c1-15-11(7-12,16-2)9-5-3-4-8(6-9)10(13)14/h3-6H,7H2,1-2H3,(H,13,14). The summed E-state index contributed by atoms with van der Waals surface area (Å²) in [5, 5.41) is 9.31. The average Bonchev–Trinajstić information content (AvgIpc) is 2.32. The monoisotopic (exact) mass is 288 g/mol. The van der Waals surface area contributed by atoms with E-state index >= 15 is 0 Å². The van der Waals surface area contributed by atoms with Crippen molar-refractivity contribution in [3.05, 3.63) is 35.4 Å². The molecule has 0 saturated carbocycles. The molecule has 0 amide bonds. The summed E-state index contributed by atoms with van der Waals surface area (Å²) in [6.45, 7) is 0. The van der Waals surface area contributed by atoms with Gasteiger partial charge in [-0.25, -0.2) is 4.79 Å². The zero-order valence-electron chi connectivity index (χ0n) is 9.07. The molecule has 0 aliphatic rings. The van der Waals surface area contributed by atoms with E-state index in [1.54, 1.807) is 12.1 Å². The maximum absolute atomic E-state index is 10.9. The highest BCUT2D eigenvalue weighted by Crippen LogP contribution is 2.28. The first-order chi connectivity index (χ1) is 7.59. The smallest absolute Gasteiger partial charge is 0.335 e. The Morgan fingerprint density at radius 3 is 2.50 bits per heavy atom. The Labute approximate surface area is 102 Å². The fraction of sp³-hybridized carbons (Fsp3) is 0.364. The number of aromatic carboxylic acids is 1. The van der Waals surface area contributed by atoms with Gasteiger partial charge in [-0.05, 0) is 12.1 Å². The second-order valence-corrected chi connectivity index (χ2v) is 3.74. The summed E-state index contributed by atoms with van der Waals surface area (Å²) in [5.74, 6) is -1.93. The Morgan fingerprint density at radius 1 is 1.44 bits per heavy atom. The summed E-state index contributed by atoms with van der Waals surface area (Å²) in [7, 11) is 3.02. The van der Waals surface area contributed by atoms with Gasteiger partial charge in [0.25, 0.3) is 0 Å². The first kappa shape index (κ1) is 13.2. The van der Waals surface area contributed by atoms with Crippen molar-refractivity contribution in [3.8, 4) is 0 Å². The Hall–Kier alpha value is -0.910. The zero-order valence-corrected chi connectivity index (χ0v) is 10.7. The number of carboxylic acid groups (broad SMARTS) is 1. The zero-order chi connectivity index (χ0) is 12.2. The molecular formula is C11H13BrO4. The quantitative estimate of drug-likeness (QED) is 0.667. The Morgan fingerprint density at radius 2 is 2.06 bits per heavy atom. The van der Waals surface area contributed by atoms with Crippen molar-refractivity contribution in [1.82, 2.24) is 0 Å². The molecule has 5 heteroatoms. The lowest BCUT2D eigenvalue weighted by Crippen LogP contribution is -2.32. The molecule has 1 aromatic rings. The van der Waals surface area contributed by atoms with Crippen molar-refractivity contribution in [1.29, 1.82) is 0 Å². The normalized spacial score (nSPS) is 11.4. The summed E-state index contributed by atoms with van der Waals surface area (Å²) in [5.41, 5.74) is 0.867. The minimum absolute atomic E-state index is 0.205. The van der Waals surface area contributed by atoms with Crippen LogP contribution in [0.1, 0.15) is 15.9 Å². The van der Waals surface area contributed by atoms with Crippen LogP contribution in [-0.4, -0.2) is 30.6 Å². The van der Waals surface area contributed by atoms with E-state index in [2.05, 4.69) is 15.9 Å². The predicted octanol–water partition coefficient (Wildman–Crippen LogP) is 2.23. The summed E-state index contributed by atoms with van der Waals surface area (Å²) in [6, 6.07) is 6.49. The molecule has 0 aliphatic carbocycles. The summed E-state index contributed by atoms with van der Waals surface area (Å²) in [4.78, 5) is 10.9. The molecular weight excluding hydrogens is 276 g/mol. The van der Waals surface area contributed by atoms with E-state index in [4.69, 9.17) is 14.6 Å². The van der Waals surface area contributed by atoms with E-state index in [-0.39, 0.29) is 5.56 Å². The van der Waals surface area contributed by atoms with Crippen LogP contribution in [0.4, 0.5) is 0 Å². The number of carboxylic acids is 1. The van der Waals surface area contributed by atoms with Crippen molar-refractivity contribution in [2.24, 2.45) is 0 Å². The number of alkyl halides is 1. The van der Waals surface area contributed by atoms with Gasteiger partial charge in [0.1, 0.15) is 0 Å². The highest BCUT2D eigenvalue weighted by Gasteiger charge is 2.31. The number of halogens is 1. The van der Waals surface area contributed by atoms with Gasteiger partial charge in [-0.3, -0.25) is 0 Å². The van der Waals surface area contributed by atoms with E-state index in [0.29, 0.717) is 10.9 Å². The van der Waals surface area contributed by atoms with Crippen LogP contribution in [0.15, 0.2) is 24.3 Å². The maximum atomic E-state index is 10.9. The van der Waals surface area contributed by atoms with Crippen molar-refractivity contribution in [2.75, 3.05) is 19.5 Å². The van der Waals surface area contributed by atoms with Crippen LogP contribution in [0.25, 0.3) is 0 Å². The highest BCUT2D eigenvalue weighted by atomic mass is 79.9. The topological polar surface area (TPSA) is 55.8 Å². The molecule has 0 fully saturated rings. The number of ether oxygens (including phenoxy) is 2. The molecule has 0 saturated heterocycles. The van der Waals surface area contributed by atoms with Gasteiger partial charge < -0.3 is 14.6 Å². The van der Waals surface area contributed by atoms with Crippen molar-refractivity contribution in [2.45, 2.75) is 5.79 Å². The van der Waals surface area contributed by atoms with E-state index in [9.17, 15) is 4.79 Å². The SMILES string of the molecule is COC(CBr)(OC)c1cccc(C(=O)O)c1. The molecule has 0 spiro atoms. The van der Waals surface area contributed by atoms with Crippen LogP contribution in [0.3, 0.4) is 0 Å². The van der Waals surface area contributed by atoms with Crippen molar-refractivity contribution >= 4 is 21.9 Å². The number of methoxy groups -OCH3 is 2. The average molecular weight is 289 g/mol. The Bertz CT molecular complexity index is 366. The van der Waals surface area contributed by atoms with Crippen LogP contribution in [-0.2, 0) is 15.3 Å². The second kappa shape index (κ2) is 5.43. The Balaban J connectivity index is 3.20. The molecule has 0 atom stereocenters. The van der Waals surface area contributed by atoms with Gasteiger partial charge in [0.15, 0.2) is 0 Å². The predicted molar refractivity (Wildman–Crippen MR) is 62.9 cm³/mol. The molecule has 0 bridgehead atoms. The molecule has 0 heterocycles. The van der Waals surface area contributed by atoms with Crippen LogP contribution >= 0.6 is 15.9 Å². The molecule has 0 aliphatic heterocycles. The lowest BCUT2D eigenvalue weighted by atomic mass is 10.0. The summed E-state index contributed by atoms with van der Waals surface area (Å²) >= 11 is 3.29. The van der Waals surface area contributed by atoms with Crippen LogP contribution < -0.4 is 0 Å². The fourth-order valence-electron chi connectivity index (χ4n) is 1.39. The molecule has 0 unspecified atom stereocenters. The van der Waals surface area contributed by atoms with Crippen LogP contribution in [0.2, 0.25) is 0 Å². The van der Waals surface area contributed by atoms with Crippen LogP contribution in [0.5, 0.6) is 0 Å². The summed E-state index contributed by atoms with van der Waals surface area (Å²) in [6.07, 6.45) is 0. The van der Waals surface area contributed by atoms with Gasteiger partial charge in [0, 0.05) is 19.8 Å². The lowest BCUT2D eigenvalue weighted by Gasteiger charge is -2.29. The van der Waals surface area contributed by atoms with E-state index in [1.807, 2.05) is 0 Å². The molecule has 0 radical (unpaired) electrons. The molecule has 4 nitrogen and oxygen atoms in total. The number of hydrogen-bond acceptors (Lipinski definition) is 3. The van der Waals surface area contributed by atoms with Crippen LogP contribution in [0, 0.1) is 0 Å². The molecule has 88 valence electrons. The number of hydrogen-bond donors (Lipinski definition) is 1. The van der Waals surface area contributed by atoms with Gasteiger partial charge in [0.05, 0.1) is 10.9 Å². The number of rotatable bonds is 5. The second-order valence-electron chi connectivity index (χ2n) is 3.18. The van der Waals surface area contributed by atoms with Crippen molar-refractivity contribution in [3.63, 3.8) is 0 Å². The van der Waals surface area contributed by atoms with Gasteiger partial charge in [-0.15, -0.1) is 0 Å². The fourth-order valence-corrected chi connectivity index (χ4v) is 2.18. The minimum Gasteiger partial charge on any atom is -0.478 e. The molecule has 16 heavy (non-hydrogen) atoms. The minimum atomic E-state index is -0.975. The van der Waals surface area contributed by atoms with E-state index in [0.717, 1.165) is 0 Å². The highest BCUT2D eigenvalue weighted by molar-refractivity contribution is 9.09. The Kier molecular flexibility index (Phi) is 4.46. The number of carbonyl (C=O) groups is 1. The van der Waals surface area contributed by atoms with Gasteiger partial charge in [-0.1, -0.05) is 28.1 Å². The third-order valence-electron chi connectivity index (χ3n) is 2.38. The first-order valence-electron chi connectivity index (χ1n) is 4.59. The molecule has 0 aromatic heterocycles. The third-order valence-corrected chi connectivity index (χ3v) is 3.12. The molecule has 1 N–H and O–H groups in total. The third kappa shape index (κ3) is 2.42. The number of benzene rings is 1. The lowest BCUT2D eigenvalue weighted by molar-refractivity contribution is -0.197. The van der Waals surface area contributed by atoms with Gasteiger partial charge >= 0.3 is 5.97 Å². The van der Waals surface area contributed by atoms with E-state index < -0.39 is 11.8 Å². The summed E-state index contributed by atoms with van der Waals surface area (Å²) < 4.78 is 10.6. The van der Waals surface area contributed by atoms with Gasteiger partial charge in [-0.2, -0.15) is 0 Å². The molecule has 1 aromatic carbocycles. The maximum Gasteiger partial charge on any atom is 0.335 e. The van der Waals surface area contributed by atoms with Gasteiger partial charge in [0.2, 0.25) is 5.79 Å². The van der Waals surface area contributed by atoms with E-state index in [1.165, 1.54) is 26.4 Å². The molecule has 1 rings (SSSR count). The van der Waals surface area contributed by atoms with Crippen molar-refractivity contribution < 1.29 is 19.4 Å².